The lowest BCUT2D eigenvalue weighted by atomic mass is 9.52. The van der Waals surface area contributed by atoms with Crippen molar-refractivity contribution in [3.05, 3.63) is 317 Å². The van der Waals surface area contributed by atoms with E-state index in [1.165, 1.54) is 100 Å². The lowest BCUT2D eigenvalue weighted by molar-refractivity contribution is 0.633. The molecular weight excluding hydrogens is 831 g/mol. The lowest BCUT2D eigenvalue weighted by Gasteiger charge is -2.48. The van der Waals surface area contributed by atoms with Gasteiger partial charge in [-0.3, -0.25) is 0 Å². The van der Waals surface area contributed by atoms with Crippen LogP contribution in [0, 0.1) is 0 Å². The monoisotopic (exact) mass is 875 g/mol. The van der Waals surface area contributed by atoms with E-state index in [1.54, 1.807) is 0 Å². The molecule has 3 aliphatic rings. The number of hydrogen-bond acceptors (Lipinski definition) is 1. The van der Waals surface area contributed by atoms with E-state index in [4.69, 9.17) is 0 Å². The average molecular weight is 876 g/mol. The van der Waals surface area contributed by atoms with Crippen molar-refractivity contribution in [2.45, 2.75) is 10.8 Å². The van der Waals surface area contributed by atoms with Gasteiger partial charge in [-0.05, 0) is 131 Å². The SMILES string of the molecule is c1ccc(-c2ccc(N(c3ccccc3)c3ccccc3-c3ccc4c(c3)-c3ccccc3C43c4ccccc4C4(c5ccccc5-c5ccccc54)c4ccccc43)cc2-c2ccccc2)cc1. The Morgan fingerprint density at radius 1 is 0.203 bits per heavy atom. The molecule has 0 unspecified atom stereocenters. The largest absolute Gasteiger partial charge is 0.310 e. The molecule has 0 heterocycles. The van der Waals surface area contributed by atoms with E-state index in [-0.39, 0.29) is 0 Å². The Bertz CT molecular complexity index is 3700. The molecule has 0 N–H and O–H groups in total. The minimum absolute atomic E-state index is 0.469. The first-order chi connectivity index (χ1) is 34.3. The highest BCUT2D eigenvalue weighted by molar-refractivity contribution is 5.97. The molecule has 2 spiro atoms. The zero-order chi connectivity index (χ0) is 45.5. The highest BCUT2D eigenvalue weighted by atomic mass is 15.1. The molecule has 0 bridgehead atoms. The Morgan fingerprint density at radius 3 is 1.12 bits per heavy atom. The molecule has 0 aromatic heterocycles. The highest BCUT2D eigenvalue weighted by Crippen LogP contribution is 2.67. The molecule has 14 rings (SSSR count). The number of benzene rings is 11. The van der Waals surface area contributed by atoms with Crippen LogP contribution in [0.5, 0.6) is 0 Å². The number of rotatable bonds is 6. The third kappa shape index (κ3) is 5.53. The summed E-state index contributed by atoms with van der Waals surface area (Å²) >= 11 is 0. The van der Waals surface area contributed by atoms with E-state index in [9.17, 15) is 0 Å². The molecule has 0 fully saturated rings. The zero-order valence-electron chi connectivity index (χ0n) is 37.9. The number of fused-ring (bicyclic) bond motifs is 16. The van der Waals surface area contributed by atoms with Crippen molar-refractivity contribution in [2.75, 3.05) is 4.90 Å². The van der Waals surface area contributed by atoms with Crippen LogP contribution in [0.3, 0.4) is 0 Å². The summed E-state index contributed by atoms with van der Waals surface area (Å²) in [4.78, 5) is 2.43. The Hall–Kier alpha value is -8.78. The first-order valence-corrected chi connectivity index (χ1v) is 24.1. The van der Waals surface area contributed by atoms with Gasteiger partial charge in [-0.2, -0.15) is 0 Å². The average Bonchev–Trinajstić information content (AvgIpc) is 3.89. The highest BCUT2D eigenvalue weighted by Gasteiger charge is 2.58. The molecule has 1 nitrogen and oxygen atoms in total. The second-order valence-corrected chi connectivity index (χ2v) is 18.6. The summed E-state index contributed by atoms with van der Waals surface area (Å²) in [5.41, 5.74) is 25.4. The Kier molecular flexibility index (Phi) is 8.78. The summed E-state index contributed by atoms with van der Waals surface area (Å²) in [5, 5.41) is 0. The molecule has 69 heavy (non-hydrogen) atoms. The summed E-state index contributed by atoms with van der Waals surface area (Å²) in [7, 11) is 0. The van der Waals surface area contributed by atoms with E-state index in [1.807, 2.05) is 0 Å². The van der Waals surface area contributed by atoms with Crippen LogP contribution >= 0.6 is 0 Å². The molecule has 0 atom stereocenters. The third-order valence-corrected chi connectivity index (χ3v) is 15.4. The van der Waals surface area contributed by atoms with Gasteiger partial charge in [0.1, 0.15) is 0 Å². The molecule has 322 valence electrons. The predicted octanol–water partition coefficient (Wildman–Crippen LogP) is 17.2. The fourth-order valence-corrected chi connectivity index (χ4v) is 12.7. The summed E-state index contributed by atoms with van der Waals surface area (Å²) in [6, 6.07) is 102. The van der Waals surface area contributed by atoms with Crippen LogP contribution < -0.4 is 4.90 Å². The number of anilines is 3. The van der Waals surface area contributed by atoms with Gasteiger partial charge in [-0.15, -0.1) is 0 Å². The molecule has 0 aliphatic heterocycles. The van der Waals surface area contributed by atoms with Crippen LogP contribution in [0.1, 0.15) is 44.5 Å². The summed E-state index contributed by atoms with van der Waals surface area (Å²) in [5.74, 6) is 0. The van der Waals surface area contributed by atoms with Crippen LogP contribution in [-0.2, 0) is 10.8 Å². The van der Waals surface area contributed by atoms with Gasteiger partial charge >= 0.3 is 0 Å². The molecule has 0 saturated heterocycles. The molecular formula is C68H45N. The maximum absolute atomic E-state index is 2.48. The maximum Gasteiger partial charge on any atom is 0.0720 e. The summed E-state index contributed by atoms with van der Waals surface area (Å²) < 4.78 is 0. The number of nitrogens with zero attached hydrogens (tertiary/aromatic N) is 1. The maximum atomic E-state index is 2.48. The van der Waals surface area contributed by atoms with Crippen molar-refractivity contribution in [1.82, 2.24) is 0 Å². The minimum atomic E-state index is -0.542. The fourth-order valence-electron chi connectivity index (χ4n) is 12.7. The molecule has 0 amide bonds. The number of hydrogen-bond donors (Lipinski definition) is 0. The van der Waals surface area contributed by atoms with E-state index >= 15 is 0 Å². The molecule has 3 aliphatic carbocycles. The number of para-hydroxylation sites is 2. The van der Waals surface area contributed by atoms with E-state index in [2.05, 4.69) is 278 Å². The minimum Gasteiger partial charge on any atom is -0.310 e. The normalized spacial score (nSPS) is 13.7. The van der Waals surface area contributed by atoms with Crippen LogP contribution in [-0.4, -0.2) is 0 Å². The molecule has 0 radical (unpaired) electrons. The Labute approximate surface area is 403 Å². The van der Waals surface area contributed by atoms with Crippen molar-refractivity contribution in [2.24, 2.45) is 0 Å². The van der Waals surface area contributed by atoms with Crippen LogP contribution in [0.4, 0.5) is 17.1 Å². The van der Waals surface area contributed by atoms with Gasteiger partial charge < -0.3 is 4.90 Å². The lowest BCUT2D eigenvalue weighted by Crippen LogP contribution is -2.43. The standard InChI is InChI=1S/C68H45N/c1-4-22-46(23-5-1)51-42-41-50(45-56(51)47-24-6-2-7-25-47)69(49-26-8-3-9-27-49)66-39-21-13-28-52(66)48-40-43-61-57(44-48)55-31-12-16-34-60(55)68(61)64-37-19-17-35-62(64)67(63-36-18-20-38-65(63)68)58-32-14-10-29-53(58)54-30-11-15-33-59(54)67/h1-45H. The van der Waals surface area contributed by atoms with Crippen molar-refractivity contribution < 1.29 is 0 Å². The second-order valence-electron chi connectivity index (χ2n) is 18.6. The van der Waals surface area contributed by atoms with Gasteiger partial charge in [0, 0.05) is 16.9 Å². The van der Waals surface area contributed by atoms with Crippen molar-refractivity contribution in [3.63, 3.8) is 0 Å². The molecule has 1 heteroatoms. The quantitative estimate of drug-likeness (QED) is 0.161. The van der Waals surface area contributed by atoms with E-state index < -0.39 is 10.8 Å². The van der Waals surface area contributed by atoms with Crippen LogP contribution in [0.25, 0.3) is 55.6 Å². The van der Waals surface area contributed by atoms with Crippen molar-refractivity contribution in [1.29, 1.82) is 0 Å². The first-order valence-electron chi connectivity index (χ1n) is 24.1. The van der Waals surface area contributed by atoms with E-state index in [0.29, 0.717) is 0 Å². The molecule has 11 aromatic rings. The summed E-state index contributed by atoms with van der Waals surface area (Å²) in [6.45, 7) is 0. The van der Waals surface area contributed by atoms with Gasteiger partial charge in [-0.1, -0.05) is 237 Å². The third-order valence-electron chi connectivity index (χ3n) is 15.4. The Balaban J connectivity index is 0.985. The van der Waals surface area contributed by atoms with Gasteiger partial charge in [0.2, 0.25) is 0 Å². The van der Waals surface area contributed by atoms with Gasteiger partial charge in [0.05, 0.1) is 16.5 Å². The predicted molar refractivity (Wildman–Crippen MR) is 286 cm³/mol. The molecule has 0 saturated carbocycles. The zero-order valence-corrected chi connectivity index (χ0v) is 37.9. The van der Waals surface area contributed by atoms with Crippen LogP contribution in [0.15, 0.2) is 273 Å². The van der Waals surface area contributed by atoms with Gasteiger partial charge in [0.15, 0.2) is 0 Å². The topological polar surface area (TPSA) is 3.24 Å². The van der Waals surface area contributed by atoms with Crippen molar-refractivity contribution >= 4 is 17.1 Å². The smallest absolute Gasteiger partial charge is 0.0720 e. The Morgan fingerprint density at radius 2 is 0.594 bits per heavy atom. The van der Waals surface area contributed by atoms with E-state index in [0.717, 1.165) is 17.1 Å². The fraction of sp³-hybridized carbons (Fsp3) is 0.0294. The van der Waals surface area contributed by atoms with Gasteiger partial charge in [0.25, 0.3) is 0 Å². The van der Waals surface area contributed by atoms with Crippen molar-refractivity contribution in [3.8, 4) is 55.6 Å². The van der Waals surface area contributed by atoms with Gasteiger partial charge in [-0.25, -0.2) is 0 Å². The first kappa shape index (κ1) is 39.4. The molecule has 11 aromatic carbocycles. The van der Waals surface area contributed by atoms with Crippen LogP contribution in [0.2, 0.25) is 0 Å². The second kappa shape index (κ2) is 15.4. The summed E-state index contributed by atoms with van der Waals surface area (Å²) in [6.07, 6.45) is 0.